The van der Waals surface area contributed by atoms with Crippen LogP contribution < -0.4 is 10.2 Å². The molecule has 0 unspecified atom stereocenters. The number of nitrogens with one attached hydrogen (secondary N) is 1. The van der Waals surface area contributed by atoms with Crippen LogP contribution in [-0.2, 0) is 9.53 Å². The molecule has 1 heterocycles. The van der Waals surface area contributed by atoms with Crippen LogP contribution in [0, 0.1) is 13.8 Å². The zero-order chi connectivity index (χ0) is 28.3. The van der Waals surface area contributed by atoms with Crippen LogP contribution in [0.4, 0.5) is 11.4 Å². The highest BCUT2D eigenvalue weighted by Crippen LogP contribution is 2.48. The monoisotopic (exact) mass is 530 g/mol. The number of rotatable bonds is 6. The Morgan fingerprint density at radius 1 is 0.750 bits per heavy atom. The van der Waals surface area contributed by atoms with Crippen molar-refractivity contribution in [2.45, 2.75) is 58.7 Å². The Labute approximate surface area is 238 Å². The first-order chi connectivity index (χ1) is 19.2. The van der Waals surface area contributed by atoms with Crippen molar-refractivity contribution in [3.8, 4) is 0 Å². The number of aryl methyl sites for hydroxylation is 2. The predicted octanol–water partition coefficient (Wildman–Crippen LogP) is 8.70. The summed E-state index contributed by atoms with van der Waals surface area (Å²) in [4.78, 5) is 16.6. The smallest absolute Gasteiger partial charge is 0.338 e. The summed E-state index contributed by atoms with van der Waals surface area (Å²) in [7, 11) is 0. The first-order valence-corrected chi connectivity index (χ1v) is 13.9. The molecule has 204 valence electrons. The summed E-state index contributed by atoms with van der Waals surface area (Å²) >= 11 is 0. The van der Waals surface area contributed by atoms with E-state index < -0.39 is 5.60 Å². The summed E-state index contributed by atoms with van der Waals surface area (Å²) in [5.74, 6) is -0.306. The molecular formula is C36H38N2O2. The minimum atomic E-state index is -0.634. The van der Waals surface area contributed by atoms with Crippen molar-refractivity contribution in [3.63, 3.8) is 0 Å². The van der Waals surface area contributed by atoms with Crippen LogP contribution in [0.2, 0.25) is 0 Å². The molecule has 1 aliphatic rings. The van der Waals surface area contributed by atoms with Crippen LogP contribution in [0.25, 0.3) is 0 Å². The van der Waals surface area contributed by atoms with Gasteiger partial charge < -0.3 is 15.0 Å². The zero-order valence-corrected chi connectivity index (χ0v) is 24.0. The van der Waals surface area contributed by atoms with Crippen LogP contribution in [-0.4, -0.2) is 11.6 Å². The number of carbonyl (C=O) groups is 1. The molecule has 1 aliphatic heterocycles. The maximum absolute atomic E-state index is 14.2. The van der Waals surface area contributed by atoms with Crippen molar-refractivity contribution < 1.29 is 9.53 Å². The maximum Gasteiger partial charge on any atom is 0.338 e. The van der Waals surface area contributed by atoms with Gasteiger partial charge in [-0.2, -0.15) is 0 Å². The predicted molar refractivity (Wildman–Crippen MR) is 164 cm³/mol. The number of anilines is 2. The van der Waals surface area contributed by atoms with Gasteiger partial charge in [0, 0.05) is 23.5 Å². The van der Waals surface area contributed by atoms with E-state index in [4.69, 9.17) is 4.74 Å². The van der Waals surface area contributed by atoms with E-state index in [9.17, 15) is 4.79 Å². The van der Waals surface area contributed by atoms with Gasteiger partial charge in [-0.1, -0.05) is 96.1 Å². The van der Waals surface area contributed by atoms with Gasteiger partial charge in [-0.25, -0.2) is 4.79 Å². The molecule has 0 amide bonds. The highest BCUT2D eigenvalue weighted by molar-refractivity contribution is 5.93. The Hall–Kier alpha value is -4.31. The number of para-hydroxylation sites is 2. The highest BCUT2D eigenvalue weighted by Gasteiger charge is 2.42. The van der Waals surface area contributed by atoms with Crippen molar-refractivity contribution in [2.75, 3.05) is 10.2 Å². The van der Waals surface area contributed by atoms with Crippen LogP contribution in [0.15, 0.2) is 120 Å². The van der Waals surface area contributed by atoms with Crippen molar-refractivity contribution in [1.29, 1.82) is 0 Å². The molecule has 0 aliphatic carbocycles. The fraction of sp³-hybridized carbons (Fsp3) is 0.250. The molecule has 4 nitrogen and oxygen atoms in total. The van der Waals surface area contributed by atoms with Gasteiger partial charge >= 0.3 is 5.97 Å². The van der Waals surface area contributed by atoms with E-state index in [-0.39, 0.29) is 18.1 Å². The molecule has 2 atom stereocenters. The Morgan fingerprint density at radius 2 is 1.27 bits per heavy atom. The van der Waals surface area contributed by atoms with Gasteiger partial charge in [0.25, 0.3) is 0 Å². The summed E-state index contributed by atoms with van der Waals surface area (Å²) in [6, 6.07) is 37.3. The molecule has 40 heavy (non-hydrogen) atoms. The zero-order valence-electron chi connectivity index (χ0n) is 24.0. The lowest BCUT2D eigenvalue weighted by Gasteiger charge is -2.46. The number of esters is 1. The summed E-state index contributed by atoms with van der Waals surface area (Å²) in [5, 5.41) is 3.64. The van der Waals surface area contributed by atoms with Crippen molar-refractivity contribution in [3.05, 3.63) is 143 Å². The molecule has 0 spiro atoms. The Balaban J connectivity index is 1.78. The van der Waals surface area contributed by atoms with Gasteiger partial charge in [-0.3, -0.25) is 0 Å². The fourth-order valence-corrected chi connectivity index (χ4v) is 5.34. The third-order valence-corrected chi connectivity index (χ3v) is 7.21. The normalized spacial score (nSPS) is 17.5. The van der Waals surface area contributed by atoms with Crippen LogP contribution in [0.5, 0.6) is 0 Å². The lowest BCUT2D eigenvalue weighted by molar-refractivity contribution is -0.150. The average Bonchev–Trinajstić information content (AvgIpc) is 2.93. The molecule has 0 radical (unpaired) electrons. The van der Waals surface area contributed by atoms with E-state index >= 15 is 0 Å². The molecule has 4 heteroatoms. The van der Waals surface area contributed by atoms with E-state index in [0.29, 0.717) is 12.0 Å². The molecule has 0 aromatic heterocycles. The molecule has 0 saturated carbocycles. The standard InChI is InChI=1S/C36H38N2O2/c1-25-16-20-27(21-17-25)32-24-31(37-29-12-8-6-9-13-29)33(35(39)40-36(3,4)5)34(28-22-18-26(2)19-23-28)38(32)30-14-10-7-11-15-30/h6-23,32,34,37H,24H2,1-5H3/t32-,34+/m1/s1. The van der Waals surface area contributed by atoms with Gasteiger partial charge in [0.15, 0.2) is 0 Å². The molecule has 0 fully saturated rings. The van der Waals surface area contributed by atoms with Gasteiger partial charge in [0.1, 0.15) is 5.60 Å². The molecule has 4 aromatic rings. The van der Waals surface area contributed by atoms with E-state index in [1.165, 1.54) is 16.7 Å². The largest absolute Gasteiger partial charge is 0.456 e. The summed E-state index contributed by atoms with van der Waals surface area (Å²) in [6.07, 6.45) is 0.615. The minimum Gasteiger partial charge on any atom is -0.456 e. The van der Waals surface area contributed by atoms with E-state index in [2.05, 4.69) is 96.9 Å². The first-order valence-electron chi connectivity index (χ1n) is 13.9. The molecule has 0 bridgehead atoms. The second-order valence-electron chi connectivity index (χ2n) is 11.6. The van der Waals surface area contributed by atoms with Crippen molar-refractivity contribution in [2.24, 2.45) is 0 Å². The maximum atomic E-state index is 14.2. The van der Waals surface area contributed by atoms with E-state index in [1.807, 2.05) is 57.2 Å². The SMILES string of the molecule is Cc1ccc([C@H]2CC(Nc3ccccc3)=C(C(=O)OC(C)(C)C)[C@H](c3ccc(C)cc3)N2c2ccccc2)cc1. The van der Waals surface area contributed by atoms with Crippen LogP contribution >= 0.6 is 0 Å². The third-order valence-electron chi connectivity index (χ3n) is 7.21. The molecule has 4 aromatic carbocycles. The van der Waals surface area contributed by atoms with Crippen molar-refractivity contribution in [1.82, 2.24) is 0 Å². The number of hydrogen-bond acceptors (Lipinski definition) is 4. The second kappa shape index (κ2) is 11.4. The summed E-state index contributed by atoms with van der Waals surface area (Å²) in [5.41, 5.74) is 7.50. The number of nitrogens with zero attached hydrogens (tertiary/aromatic N) is 1. The molecule has 5 rings (SSSR count). The first kappa shape index (κ1) is 27.3. The van der Waals surface area contributed by atoms with Gasteiger partial charge in [0.05, 0.1) is 17.7 Å². The Kier molecular flexibility index (Phi) is 7.79. The summed E-state index contributed by atoms with van der Waals surface area (Å²) < 4.78 is 6.10. The number of ether oxygens (including phenoxy) is 1. The fourth-order valence-electron chi connectivity index (χ4n) is 5.34. The number of hydrogen-bond donors (Lipinski definition) is 1. The lowest BCUT2D eigenvalue weighted by atomic mass is 9.83. The highest BCUT2D eigenvalue weighted by atomic mass is 16.6. The van der Waals surface area contributed by atoms with Gasteiger partial charge in [0.2, 0.25) is 0 Å². The number of benzene rings is 4. The lowest BCUT2D eigenvalue weighted by Crippen LogP contribution is -2.42. The van der Waals surface area contributed by atoms with Crippen molar-refractivity contribution >= 4 is 17.3 Å². The molecule has 0 saturated heterocycles. The third kappa shape index (κ3) is 6.12. The van der Waals surface area contributed by atoms with Crippen LogP contribution in [0.3, 0.4) is 0 Å². The second-order valence-corrected chi connectivity index (χ2v) is 11.6. The van der Waals surface area contributed by atoms with E-state index in [1.54, 1.807) is 0 Å². The van der Waals surface area contributed by atoms with Gasteiger partial charge in [-0.15, -0.1) is 0 Å². The Bertz CT molecular complexity index is 1470. The molecule has 1 N–H and O–H groups in total. The average molecular weight is 531 g/mol. The molecular weight excluding hydrogens is 492 g/mol. The van der Waals surface area contributed by atoms with Crippen LogP contribution in [0.1, 0.15) is 61.5 Å². The minimum absolute atomic E-state index is 0.0216. The van der Waals surface area contributed by atoms with Gasteiger partial charge in [-0.05, 0) is 70.0 Å². The number of carbonyl (C=O) groups excluding carboxylic acids is 1. The Morgan fingerprint density at radius 3 is 1.82 bits per heavy atom. The van der Waals surface area contributed by atoms with E-state index in [0.717, 1.165) is 22.6 Å². The topological polar surface area (TPSA) is 41.6 Å². The quantitative estimate of drug-likeness (QED) is 0.253. The summed E-state index contributed by atoms with van der Waals surface area (Å²) in [6.45, 7) is 9.95.